The zero-order valence-corrected chi connectivity index (χ0v) is 7.21. The van der Waals surface area contributed by atoms with E-state index in [4.69, 9.17) is 0 Å². The summed E-state index contributed by atoms with van der Waals surface area (Å²) in [5, 5.41) is 3.94. The summed E-state index contributed by atoms with van der Waals surface area (Å²) >= 11 is 4.90. The molecule has 0 aliphatic rings. The maximum atomic E-state index is 9.83. The molecule has 0 aromatic carbocycles. The molecule has 0 amide bonds. The molecule has 0 aliphatic heterocycles. The number of nitrogens with zero attached hydrogens (tertiary/aromatic N) is 1. The van der Waals surface area contributed by atoms with Crippen molar-refractivity contribution in [3.05, 3.63) is 0 Å². The van der Waals surface area contributed by atoms with Crippen LogP contribution in [0.5, 0.6) is 0 Å². The summed E-state index contributed by atoms with van der Waals surface area (Å²) in [6.07, 6.45) is 2.86. The molecule has 0 atom stereocenters. The number of aliphatic imine (C=N–C) groups is 1. The molecule has 2 nitrogen and oxygen atoms in total. The minimum Gasteiger partial charge on any atom is -0.233 e. The van der Waals surface area contributed by atoms with Crippen LogP contribution in [0.3, 0.4) is 0 Å². The summed E-state index contributed by atoms with van der Waals surface area (Å²) in [6, 6.07) is 0. The van der Waals surface area contributed by atoms with Gasteiger partial charge in [-0.15, -0.1) is 0 Å². The van der Waals surface area contributed by atoms with E-state index in [0.717, 1.165) is 25.8 Å². The fraction of sp³-hybridized carbons (Fsp3) is 0.667. The summed E-state index contributed by atoms with van der Waals surface area (Å²) in [5.41, 5.74) is 0. The highest BCUT2D eigenvalue weighted by Gasteiger charge is 1.82. The van der Waals surface area contributed by atoms with E-state index in [0.29, 0.717) is 11.3 Å². The van der Waals surface area contributed by atoms with Gasteiger partial charge < -0.3 is 0 Å². The molecule has 0 fully saturated rings. The molecule has 0 rings (SSSR count). The second kappa shape index (κ2) is 8.69. The average molecular weight is 175 g/mol. The van der Waals surface area contributed by atoms with E-state index in [1.165, 1.54) is 0 Å². The van der Waals surface area contributed by atoms with Crippen LogP contribution in [0, 0.1) is 0 Å². The van der Waals surface area contributed by atoms with E-state index in [9.17, 15) is 4.21 Å². The Morgan fingerprint density at radius 3 is 3.00 bits per heavy atom. The van der Waals surface area contributed by atoms with E-state index in [2.05, 4.69) is 22.4 Å². The van der Waals surface area contributed by atoms with Gasteiger partial charge in [0, 0.05) is 11.9 Å². The molecular weight excluding hydrogens is 166 g/mol. The number of isothiocyanates is 1. The fourth-order valence-electron chi connectivity index (χ4n) is 0.512. The molecule has 4 heteroatoms. The molecule has 0 saturated heterocycles. The van der Waals surface area contributed by atoms with Crippen molar-refractivity contribution in [2.24, 2.45) is 4.99 Å². The van der Waals surface area contributed by atoms with E-state index >= 15 is 0 Å². The van der Waals surface area contributed by atoms with Gasteiger partial charge in [-0.1, -0.05) is 0 Å². The Labute approximate surface area is 69.4 Å². The van der Waals surface area contributed by atoms with E-state index < -0.39 is 0 Å². The van der Waals surface area contributed by atoms with E-state index in [1.807, 2.05) is 0 Å². The van der Waals surface area contributed by atoms with Gasteiger partial charge in [0.15, 0.2) is 0 Å². The highest BCUT2D eigenvalue weighted by Crippen LogP contribution is 1.91. The van der Waals surface area contributed by atoms with Crippen molar-refractivity contribution in [2.45, 2.75) is 19.3 Å². The van der Waals surface area contributed by atoms with Crippen LogP contribution in [0.1, 0.15) is 19.3 Å². The number of thiocarbonyl (C=S) groups is 1. The van der Waals surface area contributed by atoms with Crippen molar-refractivity contribution in [3.8, 4) is 0 Å². The standard InChI is InChI=1S/C6H9NOS2/c8-10-5-3-1-2-4-7-6-9/h5H,1-4H2. The zero-order chi connectivity index (χ0) is 7.66. The Bertz CT molecular complexity index is 149. The molecule has 10 heavy (non-hydrogen) atoms. The molecular formula is C6H9NOS2. The normalized spacial score (nSPS) is 8.00. The van der Waals surface area contributed by atoms with Gasteiger partial charge in [0.1, 0.15) is 0 Å². The van der Waals surface area contributed by atoms with Gasteiger partial charge in [0.25, 0.3) is 0 Å². The predicted molar refractivity (Wildman–Crippen MR) is 48.0 cm³/mol. The number of rotatable bonds is 5. The highest BCUT2D eigenvalue weighted by atomic mass is 32.1. The Morgan fingerprint density at radius 2 is 2.40 bits per heavy atom. The number of hydrogen-bond acceptors (Lipinski definition) is 3. The number of unbranched alkanes of at least 4 members (excludes halogenated alkanes) is 2. The quantitative estimate of drug-likeness (QED) is 0.358. The van der Waals surface area contributed by atoms with Crippen LogP contribution in [0.25, 0.3) is 0 Å². The molecule has 0 saturated carbocycles. The lowest BCUT2D eigenvalue weighted by Crippen LogP contribution is -1.81. The third-order valence-electron chi connectivity index (χ3n) is 0.974. The van der Waals surface area contributed by atoms with Crippen LogP contribution in [0.2, 0.25) is 0 Å². The zero-order valence-electron chi connectivity index (χ0n) is 5.58. The maximum Gasteiger partial charge on any atom is 0.0841 e. The van der Waals surface area contributed by atoms with Crippen molar-refractivity contribution in [2.75, 3.05) is 6.54 Å². The molecule has 56 valence electrons. The molecule has 0 bridgehead atoms. The second-order valence-electron chi connectivity index (χ2n) is 1.73. The van der Waals surface area contributed by atoms with Crippen LogP contribution in [0.4, 0.5) is 0 Å². The molecule has 0 aromatic heterocycles. The molecule has 0 heterocycles. The van der Waals surface area contributed by atoms with Crippen LogP contribution in [0.15, 0.2) is 4.99 Å². The topological polar surface area (TPSA) is 29.4 Å². The van der Waals surface area contributed by atoms with Gasteiger partial charge in [-0.2, -0.15) is 0 Å². The lowest BCUT2D eigenvalue weighted by molar-refractivity contribution is 0.700. The predicted octanol–water partition coefficient (Wildman–Crippen LogP) is 1.27. The Kier molecular flexibility index (Phi) is 8.42. The molecule has 0 aromatic rings. The van der Waals surface area contributed by atoms with Crippen molar-refractivity contribution < 1.29 is 4.21 Å². The third kappa shape index (κ3) is 7.69. The first-order valence-corrected chi connectivity index (χ1v) is 4.27. The maximum absolute atomic E-state index is 9.83. The van der Waals surface area contributed by atoms with Crippen molar-refractivity contribution in [1.29, 1.82) is 0 Å². The lowest BCUT2D eigenvalue weighted by atomic mass is 10.2. The SMILES string of the molecule is O=S=CCCCCN=C=S. The summed E-state index contributed by atoms with van der Waals surface area (Å²) in [6.45, 7) is 0.737. The lowest BCUT2D eigenvalue weighted by Gasteiger charge is -1.87. The summed E-state index contributed by atoms with van der Waals surface area (Å²) in [4.78, 5) is 3.74. The largest absolute Gasteiger partial charge is 0.233 e. The Morgan fingerprint density at radius 1 is 1.60 bits per heavy atom. The van der Waals surface area contributed by atoms with Gasteiger partial charge in [0.05, 0.1) is 16.4 Å². The van der Waals surface area contributed by atoms with Crippen LogP contribution >= 0.6 is 12.2 Å². The molecule has 0 aliphatic carbocycles. The Balaban J connectivity index is 3.04. The van der Waals surface area contributed by atoms with Gasteiger partial charge in [-0.05, 0) is 31.5 Å². The van der Waals surface area contributed by atoms with Crippen LogP contribution in [-0.2, 0) is 11.3 Å². The highest BCUT2D eigenvalue weighted by molar-refractivity contribution is 7.78. The van der Waals surface area contributed by atoms with Crippen LogP contribution in [-0.4, -0.2) is 21.3 Å². The average Bonchev–Trinajstić information content (AvgIpc) is 1.97. The first-order valence-electron chi connectivity index (χ1n) is 3.05. The summed E-state index contributed by atoms with van der Waals surface area (Å²) in [5.74, 6) is 0. The second-order valence-corrected chi connectivity index (χ2v) is 2.44. The smallest absolute Gasteiger partial charge is 0.0841 e. The van der Waals surface area contributed by atoms with Gasteiger partial charge in [-0.25, -0.2) is 9.20 Å². The monoisotopic (exact) mass is 175 g/mol. The first kappa shape index (κ1) is 9.69. The molecule has 0 radical (unpaired) electrons. The molecule has 0 N–H and O–H groups in total. The summed E-state index contributed by atoms with van der Waals surface area (Å²) in [7, 11) is 0. The minimum absolute atomic E-state index is 0.524. The third-order valence-corrected chi connectivity index (χ3v) is 1.48. The molecule has 0 unspecified atom stereocenters. The van der Waals surface area contributed by atoms with E-state index in [-0.39, 0.29) is 0 Å². The first-order chi connectivity index (χ1) is 4.91. The van der Waals surface area contributed by atoms with Gasteiger partial charge in [0.2, 0.25) is 0 Å². The van der Waals surface area contributed by atoms with E-state index in [1.54, 1.807) is 5.37 Å². The Hall–Kier alpha value is -0.310. The minimum atomic E-state index is 0.524. The fourth-order valence-corrected chi connectivity index (χ4v) is 0.866. The summed E-state index contributed by atoms with van der Waals surface area (Å²) < 4.78 is 9.83. The van der Waals surface area contributed by atoms with Crippen molar-refractivity contribution >= 4 is 34.0 Å². The number of hydrogen-bond donors (Lipinski definition) is 0. The van der Waals surface area contributed by atoms with Crippen molar-refractivity contribution in [3.63, 3.8) is 0 Å². The van der Waals surface area contributed by atoms with Crippen molar-refractivity contribution in [1.82, 2.24) is 0 Å². The van der Waals surface area contributed by atoms with Gasteiger partial charge in [-0.3, -0.25) is 0 Å². The van der Waals surface area contributed by atoms with Gasteiger partial charge >= 0.3 is 0 Å². The van der Waals surface area contributed by atoms with Crippen LogP contribution < -0.4 is 0 Å². The molecule has 0 spiro atoms.